The molecule has 0 aliphatic rings. The molecule has 4 heteroatoms. The van der Waals surface area contributed by atoms with Crippen molar-refractivity contribution in [2.75, 3.05) is 0 Å². The van der Waals surface area contributed by atoms with E-state index >= 15 is 0 Å². The summed E-state index contributed by atoms with van der Waals surface area (Å²) in [4.78, 5) is 5.47. The summed E-state index contributed by atoms with van der Waals surface area (Å²) in [6, 6.07) is 4.32. The molecule has 3 nitrogen and oxygen atoms in total. The molecular weight excluding hydrogens is 206 g/mol. The fourth-order valence-corrected chi connectivity index (χ4v) is 2.35. The van der Waals surface area contributed by atoms with Crippen molar-refractivity contribution in [2.24, 2.45) is 12.8 Å². The predicted molar refractivity (Wildman–Crippen MR) is 62.8 cm³/mol. The number of hydrogen-bond acceptors (Lipinski definition) is 3. The van der Waals surface area contributed by atoms with Gasteiger partial charge in [-0.25, -0.2) is 4.98 Å². The van der Waals surface area contributed by atoms with Crippen LogP contribution in [0.5, 0.6) is 0 Å². The van der Waals surface area contributed by atoms with Gasteiger partial charge in [-0.3, -0.25) is 0 Å². The molecule has 1 unspecified atom stereocenters. The molecule has 0 bridgehead atoms. The number of hydrogen-bond donors (Lipinski definition) is 1. The lowest BCUT2D eigenvalue weighted by molar-refractivity contribution is 0.609. The summed E-state index contributed by atoms with van der Waals surface area (Å²) in [5, 5.41) is 2.10. The van der Waals surface area contributed by atoms with Crippen molar-refractivity contribution in [3.63, 3.8) is 0 Å². The Hall–Kier alpha value is -1.13. The zero-order chi connectivity index (χ0) is 10.7. The lowest BCUT2D eigenvalue weighted by Crippen LogP contribution is -2.14. The van der Waals surface area contributed by atoms with Crippen LogP contribution in [0.3, 0.4) is 0 Å². The van der Waals surface area contributed by atoms with Crippen molar-refractivity contribution in [2.45, 2.75) is 18.9 Å². The molecule has 0 radical (unpaired) electrons. The van der Waals surface area contributed by atoms with Crippen LogP contribution in [0.4, 0.5) is 0 Å². The van der Waals surface area contributed by atoms with E-state index in [2.05, 4.69) is 22.5 Å². The predicted octanol–water partition coefficient (Wildman–Crippen LogP) is 2.11. The molecule has 0 aromatic carbocycles. The van der Waals surface area contributed by atoms with E-state index in [4.69, 9.17) is 5.73 Å². The first-order valence-corrected chi connectivity index (χ1v) is 5.89. The first-order chi connectivity index (χ1) is 7.27. The van der Waals surface area contributed by atoms with E-state index < -0.39 is 0 Å². The largest absolute Gasteiger partial charge is 0.336 e. The highest BCUT2D eigenvalue weighted by Crippen LogP contribution is 2.18. The van der Waals surface area contributed by atoms with Gasteiger partial charge in [0.1, 0.15) is 0 Å². The van der Waals surface area contributed by atoms with Gasteiger partial charge >= 0.3 is 0 Å². The fraction of sp³-hybridized carbons (Fsp3) is 0.364. The summed E-state index contributed by atoms with van der Waals surface area (Å²) < 4.78 is 1.99. The van der Waals surface area contributed by atoms with Crippen molar-refractivity contribution < 1.29 is 0 Å². The summed E-state index contributed by atoms with van der Waals surface area (Å²) in [6.07, 6.45) is 5.66. The highest BCUT2D eigenvalue weighted by molar-refractivity contribution is 7.09. The van der Waals surface area contributed by atoms with Crippen molar-refractivity contribution in [1.29, 1.82) is 0 Å². The zero-order valence-corrected chi connectivity index (χ0v) is 9.57. The normalized spacial score (nSPS) is 12.9. The van der Waals surface area contributed by atoms with E-state index in [0.717, 1.165) is 18.5 Å². The Morgan fingerprint density at radius 2 is 2.47 bits per heavy atom. The van der Waals surface area contributed by atoms with Gasteiger partial charge in [-0.1, -0.05) is 6.07 Å². The van der Waals surface area contributed by atoms with Gasteiger partial charge in [-0.05, 0) is 24.3 Å². The van der Waals surface area contributed by atoms with Gasteiger partial charge < -0.3 is 10.3 Å². The number of aromatic nitrogens is 2. The van der Waals surface area contributed by atoms with Gasteiger partial charge in [0.05, 0.1) is 12.0 Å². The summed E-state index contributed by atoms with van der Waals surface area (Å²) in [6.45, 7) is 0. The molecule has 2 rings (SSSR count). The first-order valence-electron chi connectivity index (χ1n) is 5.01. The van der Waals surface area contributed by atoms with Crippen molar-refractivity contribution >= 4 is 11.3 Å². The highest BCUT2D eigenvalue weighted by Gasteiger charge is 2.09. The molecule has 15 heavy (non-hydrogen) atoms. The lowest BCUT2D eigenvalue weighted by atomic mass is 10.1. The second-order valence-corrected chi connectivity index (χ2v) is 4.69. The van der Waals surface area contributed by atoms with Crippen LogP contribution in [0.1, 0.15) is 23.0 Å². The van der Waals surface area contributed by atoms with Gasteiger partial charge in [-0.15, -0.1) is 11.3 Å². The summed E-state index contributed by atoms with van der Waals surface area (Å²) in [5.41, 5.74) is 7.20. The Morgan fingerprint density at radius 3 is 3.07 bits per heavy atom. The van der Waals surface area contributed by atoms with Crippen LogP contribution in [-0.4, -0.2) is 9.55 Å². The van der Waals surface area contributed by atoms with E-state index in [9.17, 15) is 0 Å². The van der Waals surface area contributed by atoms with Gasteiger partial charge in [-0.2, -0.15) is 0 Å². The van der Waals surface area contributed by atoms with Crippen LogP contribution in [-0.2, 0) is 13.5 Å². The number of thiophene rings is 1. The minimum Gasteiger partial charge on any atom is -0.336 e. The zero-order valence-electron chi connectivity index (χ0n) is 8.76. The Kier molecular flexibility index (Phi) is 3.18. The van der Waals surface area contributed by atoms with E-state index in [1.807, 2.05) is 17.8 Å². The van der Waals surface area contributed by atoms with Gasteiger partial charge in [0.25, 0.3) is 0 Å². The highest BCUT2D eigenvalue weighted by atomic mass is 32.1. The Morgan fingerprint density at radius 1 is 1.60 bits per heavy atom. The molecular formula is C11H15N3S. The summed E-state index contributed by atoms with van der Waals surface area (Å²) in [7, 11) is 1.98. The summed E-state index contributed by atoms with van der Waals surface area (Å²) >= 11 is 1.79. The summed E-state index contributed by atoms with van der Waals surface area (Å²) in [5.74, 6) is 0. The maximum absolute atomic E-state index is 6.10. The van der Waals surface area contributed by atoms with E-state index in [0.29, 0.717) is 0 Å². The SMILES string of the molecule is Cn1cncc1C(N)CCc1cccs1. The maximum atomic E-state index is 6.10. The average Bonchev–Trinajstić information content (AvgIpc) is 2.84. The molecule has 2 aromatic rings. The van der Waals surface area contributed by atoms with E-state index in [1.54, 1.807) is 17.7 Å². The first kappa shape index (κ1) is 10.4. The van der Waals surface area contributed by atoms with Gasteiger partial charge in [0, 0.05) is 24.2 Å². The van der Waals surface area contributed by atoms with Crippen LogP contribution in [0, 0.1) is 0 Å². The monoisotopic (exact) mass is 221 g/mol. The van der Waals surface area contributed by atoms with Crippen LogP contribution < -0.4 is 5.73 Å². The molecule has 0 fully saturated rings. The second kappa shape index (κ2) is 4.59. The minimum atomic E-state index is 0.0830. The smallest absolute Gasteiger partial charge is 0.0946 e. The second-order valence-electron chi connectivity index (χ2n) is 3.65. The third-order valence-corrected chi connectivity index (χ3v) is 3.45. The third-order valence-electron chi connectivity index (χ3n) is 2.52. The van der Waals surface area contributed by atoms with Crippen LogP contribution in [0.2, 0.25) is 0 Å². The van der Waals surface area contributed by atoms with Gasteiger partial charge in [0.15, 0.2) is 0 Å². The number of nitrogens with two attached hydrogens (primary N) is 1. The van der Waals surface area contributed by atoms with Crippen LogP contribution in [0.15, 0.2) is 30.0 Å². The van der Waals surface area contributed by atoms with Crippen LogP contribution >= 0.6 is 11.3 Å². The molecule has 0 aliphatic heterocycles. The van der Waals surface area contributed by atoms with E-state index in [1.165, 1.54) is 4.88 Å². The number of imidazole rings is 1. The molecule has 80 valence electrons. The van der Waals surface area contributed by atoms with Gasteiger partial charge in [0.2, 0.25) is 0 Å². The third kappa shape index (κ3) is 2.46. The molecule has 2 aromatic heterocycles. The number of nitrogens with zero attached hydrogens (tertiary/aromatic N) is 2. The number of aryl methyl sites for hydroxylation is 2. The molecule has 0 amide bonds. The molecule has 0 saturated heterocycles. The van der Waals surface area contributed by atoms with Crippen molar-refractivity contribution in [3.05, 3.63) is 40.6 Å². The van der Waals surface area contributed by atoms with E-state index in [-0.39, 0.29) is 6.04 Å². The van der Waals surface area contributed by atoms with Crippen LogP contribution in [0.25, 0.3) is 0 Å². The fourth-order valence-electron chi connectivity index (χ4n) is 1.63. The Bertz CT molecular complexity index is 405. The maximum Gasteiger partial charge on any atom is 0.0946 e. The lowest BCUT2D eigenvalue weighted by Gasteiger charge is -2.11. The van der Waals surface area contributed by atoms with Crippen molar-refractivity contribution in [3.8, 4) is 0 Å². The molecule has 0 spiro atoms. The molecule has 0 saturated carbocycles. The Balaban J connectivity index is 1.93. The molecule has 2 heterocycles. The molecule has 0 aliphatic carbocycles. The topological polar surface area (TPSA) is 43.8 Å². The quantitative estimate of drug-likeness (QED) is 0.859. The minimum absolute atomic E-state index is 0.0830. The standard InChI is InChI=1S/C11H15N3S/c1-14-8-13-7-11(14)10(12)5-4-9-3-2-6-15-9/h2-3,6-8,10H,4-5,12H2,1H3. The number of rotatable bonds is 4. The average molecular weight is 221 g/mol. The Labute approximate surface area is 93.6 Å². The molecule has 1 atom stereocenters. The van der Waals surface area contributed by atoms with Crippen molar-refractivity contribution in [1.82, 2.24) is 9.55 Å². The molecule has 2 N–H and O–H groups in total.